The van der Waals surface area contributed by atoms with Gasteiger partial charge in [0.05, 0.1) is 20.2 Å². The third-order valence-corrected chi connectivity index (χ3v) is 5.24. The number of rotatable bonds is 2. The molecule has 0 spiro atoms. The van der Waals surface area contributed by atoms with Gasteiger partial charge in [-0.1, -0.05) is 15.9 Å². The molecule has 1 aliphatic carbocycles. The molecule has 1 atom stereocenters. The molecule has 5 heteroatoms. The zero-order valence-electron chi connectivity index (χ0n) is 7.79. The van der Waals surface area contributed by atoms with Crippen LogP contribution in [0.4, 0.5) is 0 Å². The SMILES string of the molecule is CS(=N)(=O)C1(c2cc(Br)ccn2)CC1. The lowest BCUT2D eigenvalue weighted by Gasteiger charge is -2.14. The molecule has 1 aliphatic rings. The van der Waals surface area contributed by atoms with Crippen LogP contribution < -0.4 is 0 Å². The molecule has 1 fully saturated rings. The number of pyridine rings is 1. The molecule has 1 unspecified atom stereocenters. The Labute approximate surface area is 92.0 Å². The number of aromatic nitrogens is 1. The maximum absolute atomic E-state index is 11.8. The molecule has 0 aromatic carbocycles. The lowest BCUT2D eigenvalue weighted by Crippen LogP contribution is -2.19. The van der Waals surface area contributed by atoms with Gasteiger partial charge in [0.25, 0.3) is 0 Å². The van der Waals surface area contributed by atoms with E-state index in [1.165, 1.54) is 6.26 Å². The maximum atomic E-state index is 11.8. The summed E-state index contributed by atoms with van der Waals surface area (Å²) < 4.78 is 19.9. The molecule has 0 bridgehead atoms. The van der Waals surface area contributed by atoms with E-state index < -0.39 is 14.5 Å². The van der Waals surface area contributed by atoms with Crippen LogP contribution in [-0.2, 0) is 14.5 Å². The van der Waals surface area contributed by atoms with Crippen molar-refractivity contribution in [2.75, 3.05) is 6.26 Å². The minimum Gasteiger partial charge on any atom is -0.260 e. The van der Waals surface area contributed by atoms with Crippen LogP contribution in [0.1, 0.15) is 18.5 Å². The fourth-order valence-electron chi connectivity index (χ4n) is 1.61. The van der Waals surface area contributed by atoms with Gasteiger partial charge in [-0.3, -0.25) is 9.76 Å². The first kappa shape index (κ1) is 10.1. The van der Waals surface area contributed by atoms with Crippen LogP contribution in [0.25, 0.3) is 0 Å². The minimum absolute atomic E-state index is 0.475. The molecule has 1 aromatic heterocycles. The zero-order chi connectivity index (χ0) is 10.4. The summed E-state index contributed by atoms with van der Waals surface area (Å²) in [7, 11) is -2.54. The predicted octanol–water partition coefficient (Wildman–Crippen LogP) is 2.51. The van der Waals surface area contributed by atoms with Crippen LogP contribution in [0.5, 0.6) is 0 Å². The van der Waals surface area contributed by atoms with Crippen molar-refractivity contribution in [1.29, 1.82) is 4.78 Å². The second-order valence-electron chi connectivity index (χ2n) is 3.70. The molecule has 0 amide bonds. The van der Waals surface area contributed by atoms with Crippen molar-refractivity contribution in [1.82, 2.24) is 4.98 Å². The minimum atomic E-state index is -2.54. The van der Waals surface area contributed by atoms with Gasteiger partial charge in [0, 0.05) is 16.9 Å². The van der Waals surface area contributed by atoms with E-state index in [1.807, 2.05) is 12.1 Å². The standard InChI is InChI=1S/C9H11BrN2OS/c1-14(11,13)9(3-4-9)8-6-7(10)2-5-12-8/h2,5-6,11H,3-4H2,1H3. The highest BCUT2D eigenvalue weighted by Gasteiger charge is 2.52. The lowest BCUT2D eigenvalue weighted by atomic mass is 10.2. The Morgan fingerprint density at radius 3 is 2.71 bits per heavy atom. The van der Waals surface area contributed by atoms with Crippen molar-refractivity contribution in [3.63, 3.8) is 0 Å². The summed E-state index contributed by atoms with van der Waals surface area (Å²) in [5.41, 5.74) is 0.786. The van der Waals surface area contributed by atoms with Crippen molar-refractivity contribution in [3.05, 3.63) is 28.5 Å². The second kappa shape index (κ2) is 3.03. The van der Waals surface area contributed by atoms with Crippen LogP contribution >= 0.6 is 15.9 Å². The summed E-state index contributed by atoms with van der Waals surface area (Å²) in [4.78, 5) is 4.21. The molecule has 14 heavy (non-hydrogen) atoms. The number of nitrogens with zero attached hydrogens (tertiary/aromatic N) is 1. The summed E-state index contributed by atoms with van der Waals surface area (Å²) in [6.45, 7) is 0. The molecule has 1 heterocycles. The van der Waals surface area contributed by atoms with E-state index in [1.54, 1.807) is 6.20 Å². The fraction of sp³-hybridized carbons (Fsp3) is 0.444. The molecule has 3 nitrogen and oxygen atoms in total. The van der Waals surface area contributed by atoms with Crippen molar-refractivity contribution in [3.8, 4) is 0 Å². The van der Waals surface area contributed by atoms with Crippen molar-refractivity contribution in [2.45, 2.75) is 17.6 Å². The van der Waals surface area contributed by atoms with Gasteiger partial charge in [-0.25, -0.2) is 4.21 Å². The fourth-order valence-corrected chi connectivity index (χ4v) is 3.34. The Kier molecular flexibility index (Phi) is 2.19. The van der Waals surface area contributed by atoms with Gasteiger partial charge < -0.3 is 0 Å². The molecule has 0 saturated heterocycles. The Balaban J connectivity index is 2.51. The summed E-state index contributed by atoms with van der Waals surface area (Å²) in [5, 5.41) is 0. The third-order valence-electron chi connectivity index (χ3n) is 2.64. The molecular weight excluding hydrogens is 264 g/mol. The Bertz CT molecular complexity index is 465. The molecule has 2 rings (SSSR count). The highest BCUT2D eigenvalue weighted by Crippen LogP contribution is 2.52. The van der Waals surface area contributed by atoms with E-state index >= 15 is 0 Å². The Hall–Kier alpha value is -0.420. The quantitative estimate of drug-likeness (QED) is 0.901. The van der Waals surface area contributed by atoms with Crippen molar-refractivity contribution < 1.29 is 4.21 Å². The summed E-state index contributed by atoms with van der Waals surface area (Å²) in [6, 6.07) is 3.70. The van der Waals surface area contributed by atoms with Gasteiger partial charge in [0.1, 0.15) is 0 Å². The van der Waals surface area contributed by atoms with E-state index in [0.717, 1.165) is 23.0 Å². The number of nitrogens with one attached hydrogen (secondary N) is 1. The van der Waals surface area contributed by atoms with Gasteiger partial charge >= 0.3 is 0 Å². The van der Waals surface area contributed by atoms with E-state index in [0.29, 0.717) is 0 Å². The molecule has 1 N–H and O–H groups in total. The van der Waals surface area contributed by atoms with Gasteiger partial charge in [-0.05, 0) is 25.0 Å². The first-order valence-electron chi connectivity index (χ1n) is 4.31. The van der Waals surface area contributed by atoms with Crippen LogP contribution in [0.3, 0.4) is 0 Å². The van der Waals surface area contributed by atoms with E-state index in [4.69, 9.17) is 4.78 Å². The Morgan fingerprint density at radius 1 is 1.64 bits per heavy atom. The summed E-state index contributed by atoms with van der Waals surface area (Å²) in [5.74, 6) is 0. The maximum Gasteiger partial charge on any atom is 0.0956 e. The lowest BCUT2D eigenvalue weighted by molar-refractivity contribution is 0.663. The van der Waals surface area contributed by atoms with Crippen LogP contribution in [0.2, 0.25) is 0 Å². The van der Waals surface area contributed by atoms with E-state index in [2.05, 4.69) is 20.9 Å². The predicted molar refractivity (Wildman–Crippen MR) is 59.6 cm³/mol. The average molecular weight is 275 g/mol. The highest BCUT2D eigenvalue weighted by molar-refractivity contribution is 9.10. The van der Waals surface area contributed by atoms with Gasteiger partial charge in [0.2, 0.25) is 0 Å². The zero-order valence-corrected chi connectivity index (χ0v) is 10.2. The third kappa shape index (κ3) is 1.48. The summed E-state index contributed by atoms with van der Waals surface area (Å²) >= 11 is 3.36. The molecule has 1 saturated carbocycles. The van der Waals surface area contributed by atoms with Crippen molar-refractivity contribution in [2.24, 2.45) is 0 Å². The van der Waals surface area contributed by atoms with E-state index in [9.17, 15) is 4.21 Å². The van der Waals surface area contributed by atoms with E-state index in [-0.39, 0.29) is 0 Å². The summed E-state index contributed by atoms with van der Waals surface area (Å²) in [6.07, 6.45) is 4.82. The highest BCUT2D eigenvalue weighted by atomic mass is 79.9. The van der Waals surface area contributed by atoms with Crippen LogP contribution in [0, 0.1) is 4.78 Å². The number of hydrogen-bond donors (Lipinski definition) is 1. The largest absolute Gasteiger partial charge is 0.260 e. The number of halogens is 1. The first-order chi connectivity index (χ1) is 6.46. The van der Waals surface area contributed by atoms with Gasteiger partial charge in [-0.2, -0.15) is 0 Å². The Morgan fingerprint density at radius 2 is 2.29 bits per heavy atom. The van der Waals surface area contributed by atoms with Crippen LogP contribution in [0.15, 0.2) is 22.8 Å². The van der Waals surface area contributed by atoms with Gasteiger partial charge in [-0.15, -0.1) is 0 Å². The molecule has 0 aliphatic heterocycles. The average Bonchev–Trinajstić information content (AvgIpc) is 2.82. The molecule has 1 aromatic rings. The topological polar surface area (TPSA) is 53.8 Å². The van der Waals surface area contributed by atoms with Crippen LogP contribution in [-0.4, -0.2) is 15.4 Å². The number of hydrogen-bond acceptors (Lipinski definition) is 3. The molecule has 0 radical (unpaired) electrons. The first-order valence-corrected chi connectivity index (χ1v) is 7.07. The molecule has 76 valence electrons. The normalized spacial score (nSPS) is 22.7. The monoisotopic (exact) mass is 274 g/mol. The molecular formula is C9H11BrN2OS. The van der Waals surface area contributed by atoms with Crippen molar-refractivity contribution >= 4 is 25.7 Å². The smallest absolute Gasteiger partial charge is 0.0956 e. The second-order valence-corrected chi connectivity index (χ2v) is 7.08. The van der Waals surface area contributed by atoms with Gasteiger partial charge in [0.15, 0.2) is 0 Å².